The molecule has 0 unspecified atom stereocenters. The van der Waals surface area contributed by atoms with Crippen molar-refractivity contribution in [2.75, 3.05) is 39.3 Å². The highest BCUT2D eigenvalue weighted by Crippen LogP contribution is 2.25. The topological polar surface area (TPSA) is 112 Å². The number of rotatable bonds is 7. The number of aryl methyl sites for hydroxylation is 1. The molecule has 1 aliphatic rings. The predicted octanol–water partition coefficient (Wildman–Crippen LogP) is 1.48. The van der Waals surface area contributed by atoms with Gasteiger partial charge >= 0.3 is 6.03 Å². The van der Waals surface area contributed by atoms with Gasteiger partial charge in [0.25, 0.3) is 0 Å². The fourth-order valence-corrected chi connectivity index (χ4v) is 5.10. The number of para-hydroxylation sites is 1. The van der Waals surface area contributed by atoms with Crippen LogP contribution in [0, 0.1) is 6.92 Å². The Labute approximate surface area is 182 Å². The number of benzene rings is 1. The Morgan fingerprint density at radius 1 is 1.16 bits per heavy atom. The zero-order valence-corrected chi connectivity index (χ0v) is 18.7. The zero-order valence-electron chi connectivity index (χ0n) is 17.9. The monoisotopic (exact) mass is 447 g/mol. The number of nitrogens with zero attached hydrogens (tertiary/aromatic N) is 3. The second-order valence-electron chi connectivity index (χ2n) is 7.68. The van der Waals surface area contributed by atoms with Gasteiger partial charge in [-0.05, 0) is 31.0 Å². The quantitative estimate of drug-likeness (QED) is 0.622. The van der Waals surface area contributed by atoms with Gasteiger partial charge in [0.2, 0.25) is 15.9 Å². The standard InChI is InChI=1S/C21H29N5O4S/c1-3-4-8-22-21(28)24-19(27)15-25-9-11-26(12-10-25)31(29,30)18-7-5-6-17-13-16(2)14-23-20(17)18/h5-7,13-14H,3-4,8-12,15H2,1-2H3,(H2,22,24,27,28). The second-order valence-corrected chi connectivity index (χ2v) is 9.58. The number of aromatic nitrogens is 1. The minimum absolute atomic E-state index is 0.0458. The lowest BCUT2D eigenvalue weighted by Gasteiger charge is -2.33. The van der Waals surface area contributed by atoms with Crippen LogP contribution in [0.5, 0.6) is 0 Å². The molecule has 3 amide bonds. The summed E-state index contributed by atoms with van der Waals surface area (Å²) in [6.07, 6.45) is 3.47. The Hall–Kier alpha value is -2.56. The Morgan fingerprint density at radius 2 is 1.90 bits per heavy atom. The molecule has 0 radical (unpaired) electrons. The first-order chi connectivity index (χ1) is 14.8. The van der Waals surface area contributed by atoms with Crippen LogP contribution in [-0.4, -0.2) is 73.8 Å². The highest BCUT2D eigenvalue weighted by molar-refractivity contribution is 7.89. The van der Waals surface area contributed by atoms with Crippen LogP contribution in [0.4, 0.5) is 4.79 Å². The summed E-state index contributed by atoms with van der Waals surface area (Å²) in [6.45, 7) is 5.84. The lowest BCUT2D eigenvalue weighted by Crippen LogP contribution is -2.52. The number of hydrogen-bond donors (Lipinski definition) is 2. The third-order valence-electron chi connectivity index (χ3n) is 5.20. The van der Waals surface area contributed by atoms with Gasteiger partial charge in [0.15, 0.2) is 0 Å². The van der Waals surface area contributed by atoms with Crippen molar-refractivity contribution in [3.8, 4) is 0 Å². The number of piperazine rings is 1. The molecule has 1 aliphatic heterocycles. The van der Waals surface area contributed by atoms with Gasteiger partial charge in [-0.2, -0.15) is 4.31 Å². The molecule has 1 fully saturated rings. The van der Waals surface area contributed by atoms with Gasteiger partial charge in [0, 0.05) is 44.3 Å². The van der Waals surface area contributed by atoms with Gasteiger partial charge in [0.1, 0.15) is 4.90 Å². The number of sulfonamides is 1. The second kappa shape index (κ2) is 10.2. The van der Waals surface area contributed by atoms with Crippen LogP contribution in [0.25, 0.3) is 10.9 Å². The summed E-state index contributed by atoms with van der Waals surface area (Å²) in [6, 6.07) is 6.57. The molecule has 31 heavy (non-hydrogen) atoms. The van der Waals surface area contributed by atoms with Crippen molar-refractivity contribution in [3.05, 3.63) is 36.0 Å². The number of imide groups is 1. The van der Waals surface area contributed by atoms with Gasteiger partial charge in [-0.15, -0.1) is 0 Å². The number of urea groups is 1. The van der Waals surface area contributed by atoms with Crippen molar-refractivity contribution in [3.63, 3.8) is 0 Å². The van der Waals surface area contributed by atoms with Gasteiger partial charge in [-0.1, -0.05) is 25.5 Å². The maximum absolute atomic E-state index is 13.2. The summed E-state index contributed by atoms with van der Waals surface area (Å²) in [7, 11) is -3.71. The highest BCUT2D eigenvalue weighted by Gasteiger charge is 2.30. The Balaban J connectivity index is 1.58. The number of unbranched alkanes of at least 4 members (excludes halogenated alkanes) is 1. The molecule has 2 N–H and O–H groups in total. The van der Waals surface area contributed by atoms with E-state index in [1.165, 1.54) is 4.31 Å². The van der Waals surface area contributed by atoms with E-state index in [0.717, 1.165) is 23.8 Å². The van der Waals surface area contributed by atoms with E-state index < -0.39 is 22.0 Å². The summed E-state index contributed by atoms with van der Waals surface area (Å²) in [4.78, 5) is 30.1. The van der Waals surface area contributed by atoms with Gasteiger partial charge in [-0.25, -0.2) is 13.2 Å². The molecule has 0 atom stereocenters. The Bertz CT molecular complexity index is 1050. The predicted molar refractivity (Wildman–Crippen MR) is 118 cm³/mol. The smallest absolute Gasteiger partial charge is 0.321 e. The first kappa shape index (κ1) is 23.1. The maximum Gasteiger partial charge on any atom is 0.321 e. The lowest BCUT2D eigenvalue weighted by molar-refractivity contribution is -0.121. The molecule has 2 heterocycles. The van der Waals surface area contributed by atoms with Crippen LogP contribution in [0.3, 0.4) is 0 Å². The third-order valence-corrected chi connectivity index (χ3v) is 7.13. The molecule has 2 aromatic rings. The fraction of sp³-hybridized carbons (Fsp3) is 0.476. The molecular weight excluding hydrogens is 418 g/mol. The number of nitrogens with one attached hydrogen (secondary N) is 2. The lowest BCUT2D eigenvalue weighted by atomic mass is 10.2. The van der Waals surface area contributed by atoms with Crippen LogP contribution in [0.15, 0.2) is 35.4 Å². The maximum atomic E-state index is 13.2. The fourth-order valence-electron chi connectivity index (χ4n) is 3.51. The van der Waals surface area contributed by atoms with E-state index in [4.69, 9.17) is 0 Å². The largest absolute Gasteiger partial charge is 0.338 e. The number of carbonyl (C=O) groups excluding carboxylic acids is 2. The van der Waals surface area contributed by atoms with Crippen LogP contribution >= 0.6 is 0 Å². The number of hydrogen-bond acceptors (Lipinski definition) is 6. The van der Waals surface area contributed by atoms with Crippen LogP contribution in [-0.2, 0) is 14.8 Å². The molecule has 1 aromatic heterocycles. The average molecular weight is 448 g/mol. The van der Waals surface area contributed by atoms with E-state index in [0.29, 0.717) is 25.2 Å². The number of pyridine rings is 1. The van der Waals surface area contributed by atoms with Crippen LogP contribution < -0.4 is 10.6 Å². The van der Waals surface area contributed by atoms with E-state index in [1.54, 1.807) is 18.3 Å². The number of fused-ring (bicyclic) bond motifs is 1. The average Bonchev–Trinajstić information content (AvgIpc) is 2.73. The molecule has 0 saturated carbocycles. The Kier molecular flexibility index (Phi) is 7.58. The Morgan fingerprint density at radius 3 is 2.61 bits per heavy atom. The zero-order chi connectivity index (χ0) is 22.4. The molecular formula is C21H29N5O4S. The first-order valence-electron chi connectivity index (χ1n) is 10.5. The summed E-state index contributed by atoms with van der Waals surface area (Å²) in [5, 5.41) is 5.73. The first-order valence-corrected chi connectivity index (χ1v) is 11.9. The van der Waals surface area contributed by atoms with Crippen molar-refractivity contribution in [2.24, 2.45) is 0 Å². The van der Waals surface area contributed by atoms with E-state index in [-0.39, 0.29) is 24.5 Å². The van der Waals surface area contributed by atoms with E-state index >= 15 is 0 Å². The van der Waals surface area contributed by atoms with Crippen molar-refractivity contribution in [1.29, 1.82) is 0 Å². The van der Waals surface area contributed by atoms with Crippen molar-refractivity contribution in [2.45, 2.75) is 31.6 Å². The molecule has 10 heteroatoms. The van der Waals surface area contributed by atoms with Crippen molar-refractivity contribution >= 4 is 32.9 Å². The van der Waals surface area contributed by atoms with Gasteiger partial charge in [-0.3, -0.25) is 20.0 Å². The minimum atomic E-state index is -3.71. The normalized spacial score (nSPS) is 15.7. The molecule has 1 aromatic carbocycles. The summed E-state index contributed by atoms with van der Waals surface area (Å²) >= 11 is 0. The van der Waals surface area contributed by atoms with Gasteiger partial charge in [0.05, 0.1) is 12.1 Å². The molecule has 0 bridgehead atoms. The third kappa shape index (κ3) is 5.78. The number of carbonyl (C=O) groups is 2. The molecule has 3 rings (SSSR count). The van der Waals surface area contributed by atoms with E-state index in [1.807, 2.05) is 30.9 Å². The highest BCUT2D eigenvalue weighted by atomic mass is 32.2. The molecule has 9 nitrogen and oxygen atoms in total. The SMILES string of the molecule is CCCCNC(=O)NC(=O)CN1CCN(S(=O)(=O)c2cccc3cc(C)cnc23)CC1. The number of amides is 3. The summed E-state index contributed by atoms with van der Waals surface area (Å²) < 4.78 is 27.9. The molecule has 0 spiro atoms. The summed E-state index contributed by atoms with van der Waals surface area (Å²) in [5.74, 6) is -0.404. The van der Waals surface area contributed by atoms with Gasteiger partial charge < -0.3 is 5.32 Å². The van der Waals surface area contributed by atoms with Crippen molar-refractivity contribution in [1.82, 2.24) is 24.8 Å². The summed E-state index contributed by atoms with van der Waals surface area (Å²) in [5.41, 5.74) is 1.43. The molecule has 168 valence electrons. The molecule has 0 aliphatic carbocycles. The van der Waals surface area contributed by atoms with Crippen LogP contribution in [0.2, 0.25) is 0 Å². The van der Waals surface area contributed by atoms with Crippen LogP contribution in [0.1, 0.15) is 25.3 Å². The molecule has 1 saturated heterocycles. The van der Waals surface area contributed by atoms with E-state index in [9.17, 15) is 18.0 Å². The van der Waals surface area contributed by atoms with Crippen molar-refractivity contribution < 1.29 is 18.0 Å². The minimum Gasteiger partial charge on any atom is -0.338 e. The van der Waals surface area contributed by atoms with E-state index in [2.05, 4.69) is 15.6 Å².